The Labute approximate surface area is 159 Å². The number of nitrogens with zero attached hydrogens (tertiary/aromatic N) is 1. The maximum absolute atomic E-state index is 12.6. The summed E-state index contributed by atoms with van der Waals surface area (Å²) in [7, 11) is 0. The Morgan fingerprint density at radius 3 is 2.75 bits per heavy atom. The third kappa shape index (κ3) is 3.18. The molecule has 1 unspecified atom stereocenters. The van der Waals surface area contributed by atoms with E-state index >= 15 is 0 Å². The number of H-pyrrole nitrogens is 1. The average Bonchev–Trinajstić information content (AvgIpc) is 3.09. The molecule has 0 radical (unpaired) electrons. The Kier molecular flexibility index (Phi) is 4.49. The molecule has 0 saturated carbocycles. The van der Waals surface area contributed by atoms with Crippen molar-refractivity contribution in [2.75, 3.05) is 0 Å². The summed E-state index contributed by atoms with van der Waals surface area (Å²) in [6, 6.07) is 12.8. The van der Waals surface area contributed by atoms with E-state index in [1.807, 2.05) is 24.3 Å². The van der Waals surface area contributed by atoms with Gasteiger partial charge in [-0.1, -0.05) is 30.3 Å². The molecule has 4 rings (SSSR count). The van der Waals surface area contributed by atoms with Crippen molar-refractivity contribution >= 4 is 34.8 Å². The van der Waals surface area contributed by atoms with Gasteiger partial charge in [-0.2, -0.15) is 0 Å². The topological polar surface area (TPSA) is 109 Å². The van der Waals surface area contributed by atoms with Gasteiger partial charge < -0.3 is 14.8 Å². The Bertz CT molecular complexity index is 1110. The minimum absolute atomic E-state index is 0.127. The number of aliphatic imine (C=N–C) groups is 1. The Hall–Kier alpha value is -3.74. The molecule has 28 heavy (non-hydrogen) atoms. The molecular weight excluding hydrogens is 360 g/mol. The third-order valence-electron chi connectivity index (χ3n) is 4.69. The first kappa shape index (κ1) is 17.7. The first-order valence-corrected chi connectivity index (χ1v) is 8.70. The van der Waals surface area contributed by atoms with Crippen molar-refractivity contribution in [2.45, 2.75) is 12.5 Å². The van der Waals surface area contributed by atoms with Gasteiger partial charge in [0.2, 0.25) is 0 Å². The highest BCUT2D eigenvalue weighted by molar-refractivity contribution is 6.22. The summed E-state index contributed by atoms with van der Waals surface area (Å²) in [4.78, 5) is 43.5. The van der Waals surface area contributed by atoms with Crippen molar-refractivity contribution in [1.29, 1.82) is 0 Å². The lowest BCUT2D eigenvalue weighted by atomic mass is 9.95. The van der Waals surface area contributed by atoms with Gasteiger partial charge in [0.05, 0.1) is 5.56 Å². The molecule has 0 fully saturated rings. The molecule has 1 aliphatic rings. The van der Waals surface area contributed by atoms with Gasteiger partial charge in [-0.25, -0.2) is 4.79 Å². The van der Waals surface area contributed by atoms with Gasteiger partial charge in [0.25, 0.3) is 0 Å². The van der Waals surface area contributed by atoms with E-state index in [2.05, 4.69) is 9.98 Å². The Balaban J connectivity index is 1.58. The number of aromatic nitrogens is 1. The largest absolute Gasteiger partial charge is 0.480 e. The second-order valence-electron chi connectivity index (χ2n) is 6.47. The number of hydrogen-bond acceptors (Lipinski definition) is 5. The fourth-order valence-electron chi connectivity index (χ4n) is 3.24. The van der Waals surface area contributed by atoms with Gasteiger partial charge in [-0.15, -0.1) is 0 Å². The Morgan fingerprint density at radius 1 is 1.18 bits per heavy atom. The lowest BCUT2D eigenvalue weighted by Crippen LogP contribution is -2.35. The van der Waals surface area contributed by atoms with Crippen LogP contribution in [0.25, 0.3) is 10.9 Å². The van der Waals surface area contributed by atoms with E-state index in [0.717, 1.165) is 22.7 Å². The van der Waals surface area contributed by atoms with Crippen LogP contribution in [0.2, 0.25) is 0 Å². The highest BCUT2D eigenvalue weighted by Gasteiger charge is 2.35. The molecule has 7 nitrogen and oxygen atoms in total. The second-order valence-corrected chi connectivity index (χ2v) is 6.47. The molecule has 2 atom stereocenters. The van der Waals surface area contributed by atoms with E-state index < -0.39 is 29.7 Å². The fraction of sp³-hybridized carbons (Fsp3) is 0.143. The summed E-state index contributed by atoms with van der Waals surface area (Å²) in [5.41, 5.74) is 1.97. The number of fused-ring (bicyclic) bond motifs is 2. The summed E-state index contributed by atoms with van der Waals surface area (Å²) in [6.45, 7) is 0. The van der Waals surface area contributed by atoms with E-state index in [0.29, 0.717) is 0 Å². The number of Topliss-reactive ketones (excluding diaryl/α,β-unsaturated/α-hetero) is 1. The van der Waals surface area contributed by atoms with Crippen LogP contribution in [-0.4, -0.2) is 40.1 Å². The van der Waals surface area contributed by atoms with E-state index in [1.165, 1.54) is 6.07 Å². The normalized spacial score (nSPS) is 17.5. The van der Waals surface area contributed by atoms with Crippen LogP contribution in [0.4, 0.5) is 0 Å². The summed E-state index contributed by atoms with van der Waals surface area (Å²) in [5.74, 6) is -3.40. The third-order valence-corrected chi connectivity index (χ3v) is 4.69. The zero-order valence-electron chi connectivity index (χ0n) is 14.7. The number of carboxylic acids is 1. The molecule has 3 aromatic rings. The van der Waals surface area contributed by atoms with Crippen LogP contribution in [0.15, 0.2) is 59.7 Å². The summed E-state index contributed by atoms with van der Waals surface area (Å²) in [6.07, 6.45) is 2.96. The summed E-state index contributed by atoms with van der Waals surface area (Å²) in [5, 5.41) is 10.4. The summed E-state index contributed by atoms with van der Waals surface area (Å²) < 4.78 is 5.17. The van der Waals surface area contributed by atoms with Crippen LogP contribution in [0.5, 0.6) is 5.75 Å². The molecule has 140 valence electrons. The zero-order chi connectivity index (χ0) is 19.7. The van der Waals surface area contributed by atoms with Crippen LogP contribution in [0.1, 0.15) is 15.9 Å². The van der Waals surface area contributed by atoms with Crippen LogP contribution < -0.4 is 4.74 Å². The molecule has 2 aromatic carbocycles. The van der Waals surface area contributed by atoms with E-state index in [1.54, 1.807) is 24.4 Å². The predicted octanol–water partition coefficient (Wildman–Crippen LogP) is 2.65. The number of hydrogen-bond donors (Lipinski definition) is 2. The maximum atomic E-state index is 12.6. The van der Waals surface area contributed by atoms with Gasteiger partial charge in [-0.05, 0) is 23.8 Å². The quantitative estimate of drug-likeness (QED) is 0.308. The number of carboxylic acid groups (broad SMARTS) is 1. The van der Waals surface area contributed by atoms with Crippen molar-refractivity contribution in [3.05, 3.63) is 65.9 Å². The first-order valence-electron chi connectivity index (χ1n) is 8.70. The van der Waals surface area contributed by atoms with Crippen LogP contribution in [-0.2, 0) is 16.0 Å². The molecule has 0 bridgehead atoms. The molecule has 2 N–H and O–H groups in total. The first-order chi connectivity index (χ1) is 13.5. The number of rotatable bonds is 5. The van der Waals surface area contributed by atoms with E-state index in [-0.39, 0.29) is 17.7 Å². The number of ether oxygens (including phenoxy) is 1. The number of esters is 1. The van der Waals surface area contributed by atoms with Crippen LogP contribution >= 0.6 is 0 Å². The monoisotopic (exact) mass is 376 g/mol. The number of ketones is 1. The van der Waals surface area contributed by atoms with Gasteiger partial charge in [0.15, 0.2) is 17.7 Å². The SMILES string of the molecule is O=C1Oc2ccccc2C(=O)C1C=N[C@@H](Cc1c[nH]c2ccccc12)C(=O)O. The highest BCUT2D eigenvalue weighted by atomic mass is 16.5. The standard InChI is InChI=1S/C21H16N2O5/c24-19-14-6-2-4-8-18(14)28-21(27)15(19)11-23-17(20(25)26)9-12-10-22-16-7-3-1-5-13(12)16/h1-8,10-11,15,17,22H,9H2,(H,25,26)/t15?,17-/m0/s1. The zero-order valence-corrected chi connectivity index (χ0v) is 14.7. The molecule has 7 heteroatoms. The van der Waals surface area contributed by atoms with Crippen LogP contribution in [0.3, 0.4) is 0 Å². The van der Waals surface area contributed by atoms with Gasteiger partial charge in [0, 0.05) is 29.7 Å². The second kappa shape index (κ2) is 7.11. The lowest BCUT2D eigenvalue weighted by molar-refractivity contribution is -0.139. The average molecular weight is 376 g/mol. The molecule has 1 aliphatic heterocycles. The molecule has 2 heterocycles. The smallest absolute Gasteiger partial charge is 0.328 e. The molecule has 0 spiro atoms. The van der Waals surface area contributed by atoms with Crippen molar-refractivity contribution < 1.29 is 24.2 Å². The minimum atomic E-state index is -1.25. The number of para-hydroxylation sites is 2. The summed E-state index contributed by atoms with van der Waals surface area (Å²) >= 11 is 0. The van der Waals surface area contributed by atoms with Crippen molar-refractivity contribution in [3.63, 3.8) is 0 Å². The van der Waals surface area contributed by atoms with Gasteiger partial charge in [-0.3, -0.25) is 14.6 Å². The van der Waals surface area contributed by atoms with Crippen molar-refractivity contribution in [2.24, 2.45) is 10.9 Å². The molecule has 1 aromatic heterocycles. The van der Waals surface area contributed by atoms with Crippen LogP contribution in [0, 0.1) is 5.92 Å². The van der Waals surface area contributed by atoms with E-state index in [9.17, 15) is 19.5 Å². The maximum Gasteiger partial charge on any atom is 0.328 e. The molecular formula is C21H16N2O5. The number of benzene rings is 2. The number of nitrogens with one attached hydrogen (secondary N) is 1. The molecule has 0 amide bonds. The van der Waals surface area contributed by atoms with E-state index in [4.69, 9.17) is 4.74 Å². The van der Waals surface area contributed by atoms with Crippen molar-refractivity contribution in [3.8, 4) is 5.75 Å². The predicted molar refractivity (Wildman–Crippen MR) is 102 cm³/mol. The molecule has 0 aliphatic carbocycles. The van der Waals surface area contributed by atoms with Gasteiger partial charge in [0.1, 0.15) is 5.75 Å². The number of aromatic amines is 1. The number of aliphatic carboxylic acids is 1. The molecule has 0 saturated heterocycles. The lowest BCUT2D eigenvalue weighted by Gasteiger charge is -2.19. The highest BCUT2D eigenvalue weighted by Crippen LogP contribution is 2.27. The number of carbonyl (C=O) groups is 3. The fourth-order valence-corrected chi connectivity index (χ4v) is 3.24. The minimum Gasteiger partial charge on any atom is -0.480 e. The van der Waals surface area contributed by atoms with Gasteiger partial charge >= 0.3 is 11.9 Å². The number of carbonyl (C=O) groups excluding carboxylic acids is 2. The van der Waals surface area contributed by atoms with Crippen molar-refractivity contribution in [1.82, 2.24) is 4.98 Å². The Morgan fingerprint density at radius 2 is 1.93 bits per heavy atom.